The highest BCUT2D eigenvalue weighted by Crippen LogP contribution is 2.18. The number of methoxy groups -OCH3 is 1. The van der Waals surface area contributed by atoms with Crippen molar-refractivity contribution in [3.8, 4) is 5.75 Å². The van der Waals surface area contributed by atoms with Crippen LogP contribution < -0.4 is 4.74 Å². The van der Waals surface area contributed by atoms with Crippen LogP contribution in [0.5, 0.6) is 5.75 Å². The molecule has 0 aromatic heterocycles. The van der Waals surface area contributed by atoms with Crippen molar-refractivity contribution in [2.75, 3.05) is 40.0 Å². The van der Waals surface area contributed by atoms with Gasteiger partial charge < -0.3 is 9.47 Å². The van der Waals surface area contributed by atoms with Crippen molar-refractivity contribution in [1.29, 1.82) is 0 Å². The fourth-order valence-corrected chi connectivity index (χ4v) is 2.01. The number of hydrogen-bond acceptors (Lipinski definition) is 3. The molecule has 1 heterocycles. The van der Waals surface area contributed by atoms with Crippen LogP contribution in [0.4, 0.5) is 0 Å². The molecule has 1 aromatic carbocycles. The van der Waals surface area contributed by atoms with E-state index in [0.717, 1.165) is 45.0 Å². The SMILES string of the molecule is COc1ccccc1CCN1CCOCC1. The van der Waals surface area contributed by atoms with E-state index in [1.807, 2.05) is 12.1 Å². The maximum atomic E-state index is 5.34. The van der Waals surface area contributed by atoms with Crippen LogP contribution in [0.1, 0.15) is 5.56 Å². The minimum atomic E-state index is 0.867. The quantitative estimate of drug-likeness (QED) is 0.770. The van der Waals surface area contributed by atoms with E-state index in [-0.39, 0.29) is 0 Å². The molecule has 1 aliphatic heterocycles. The third kappa shape index (κ3) is 2.97. The van der Waals surface area contributed by atoms with Gasteiger partial charge in [-0.2, -0.15) is 0 Å². The summed E-state index contributed by atoms with van der Waals surface area (Å²) >= 11 is 0. The maximum Gasteiger partial charge on any atom is 0.122 e. The Labute approximate surface area is 97.0 Å². The zero-order chi connectivity index (χ0) is 11.2. The molecular weight excluding hydrogens is 202 g/mol. The van der Waals surface area contributed by atoms with Gasteiger partial charge in [-0.25, -0.2) is 0 Å². The Morgan fingerprint density at radius 1 is 1.25 bits per heavy atom. The molecule has 1 aliphatic rings. The van der Waals surface area contributed by atoms with Crippen LogP contribution in [0, 0.1) is 0 Å². The lowest BCUT2D eigenvalue weighted by molar-refractivity contribution is 0.0384. The van der Waals surface area contributed by atoms with Gasteiger partial charge >= 0.3 is 0 Å². The fraction of sp³-hybridized carbons (Fsp3) is 0.538. The number of para-hydroxylation sites is 1. The van der Waals surface area contributed by atoms with Gasteiger partial charge in [-0.1, -0.05) is 18.2 Å². The number of benzene rings is 1. The lowest BCUT2D eigenvalue weighted by atomic mass is 10.1. The molecule has 0 bridgehead atoms. The van der Waals surface area contributed by atoms with Gasteiger partial charge in [-0.3, -0.25) is 4.90 Å². The second-order valence-electron chi connectivity index (χ2n) is 4.02. The van der Waals surface area contributed by atoms with E-state index in [2.05, 4.69) is 17.0 Å². The van der Waals surface area contributed by atoms with E-state index in [1.54, 1.807) is 7.11 Å². The van der Waals surface area contributed by atoms with Crippen molar-refractivity contribution >= 4 is 0 Å². The van der Waals surface area contributed by atoms with E-state index in [0.29, 0.717) is 0 Å². The van der Waals surface area contributed by atoms with Gasteiger partial charge in [0.05, 0.1) is 20.3 Å². The molecule has 16 heavy (non-hydrogen) atoms. The summed E-state index contributed by atoms with van der Waals surface area (Å²) in [5, 5.41) is 0. The number of rotatable bonds is 4. The molecule has 3 heteroatoms. The van der Waals surface area contributed by atoms with Crippen molar-refractivity contribution in [1.82, 2.24) is 4.90 Å². The summed E-state index contributed by atoms with van der Waals surface area (Å²) in [4.78, 5) is 2.44. The van der Waals surface area contributed by atoms with Gasteiger partial charge in [-0.05, 0) is 18.1 Å². The molecule has 0 amide bonds. The van der Waals surface area contributed by atoms with Crippen LogP contribution in [0.15, 0.2) is 24.3 Å². The van der Waals surface area contributed by atoms with Crippen molar-refractivity contribution in [3.05, 3.63) is 29.8 Å². The molecular formula is C13H19NO2. The minimum Gasteiger partial charge on any atom is -0.496 e. The number of nitrogens with zero attached hydrogens (tertiary/aromatic N) is 1. The highest BCUT2D eigenvalue weighted by atomic mass is 16.5. The molecule has 0 atom stereocenters. The molecule has 3 nitrogen and oxygen atoms in total. The number of ether oxygens (including phenoxy) is 2. The van der Waals surface area contributed by atoms with Crippen LogP contribution >= 0.6 is 0 Å². The first kappa shape index (κ1) is 11.4. The zero-order valence-electron chi connectivity index (χ0n) is 9.82. The fourth-order valence-electron chi connectivity index (χ4n) is 2.01. The van der Waals surface area contributed by atoms with Gasteiger partial charge in [0.25, 0.3) is 0 Å². The van der Waals surface area contributed by atoms with E-state index in [1.165, 1.54) is 5.56 Å². The molecule has 1 fully saturated rings. The second kappa shape index (κ2) is 5.87. The standard InChI is InChI=1S/C13H19NO2/c1-15-13-5-3-2-4-12(13)6-7-14-8-10-16-11-9-14/h2-5H,6-11H2,1H3. The molecule has 0 saturated carbocycles. The Morgan fingerprint density at radius 3 is 2.75 bits per heavy atom. The first-order valence-electron chi connectivity index (χ1n) is 5.82. The monoisotopic (exact) mass is 221 g/mol. The smallest absolute Gasteiger partial charge is 0.122 e. The van der Waals surface area contributed by atoms with Gasteiger partial charge in [0.2, 0.25) is 0 Å². The lowest BCUT2D eigenvalue weighted by Gasteiger charge is -2.26. The number of morpholine rings is 1. The van der Waals surface area contributed by atoms with Crippen molar-refractivity contribution in [2.24, 2.45) is 0 Å². The van der Waals surface area contributed by atoms with Gasteiger partial charge in [0.15, 0.2) is 0 Å². The summed E-state index contributed by atoms with van der Waals surface area (Å²) in [6.07, 6.45) is 1.05. The Morgan fingerprint density at radius 2 is 2.00 bits per heavy atom. The maximum absolute atomic E-state index is 5.34. The highest BCUT2D eigenvalue weighted by Gasteiger charge is 2.10. The summed E-state index contributed by atoms with van der Waals surface area (Å²) in [7, 11) is 1.73. The predicted molar refractivity (Wildman–Crippen MR) is 64.0 cm³/mol. The molecule has 0 radical (unpaired) electrons. The lowest BCUT2D eigenvalue weighted by Crippen LogP contribution is -2.37. The van der Waals surface area contributed by atoms with Crippen molar-refractivity contribution in [2.45, 2.75) is 6.42 Å². The molecule has 0 N–H and O–H groups in total. The van der Waals surface area contributed by atoms with Crippen LogP contribution in [0.2, 0.25) is 0 Å². The van der Waals surface area contributed by atoms with E-state index in [9.17, 15) is 0 Å². The van der Waals surface area contributed by atoms with Gasteiger partial charge in [0.1, 0.15) is 5.75 Å². The van der Waals surface area contributed by atoms with Gasteiger partial charge in [0, 0.05) is 19.6 Å². The zero-order valence-corrected chi connectivity index (χ0v) is 9.82. The van der Waals surface area contributed by atoms with Crippen LogP contribution in [-0.4, -0.2) is 44.9 Å². The topological polar surface area (TPSA) is 21.7 Å². The Kier molecular flexibility index (Phi) is 4.19. The Balaban J connectivity index is 1.88. The molecule has 0 spiro atoms. The molecule has 2 rings (SSSR count). The van der Waals surface area contributed by atoms with Crippen LogP contribution in [0.3, 0.4) is 0 Å². The van der Waals surface area contributed by atoms with Gasteiger partial charge in [-0.15, -0.1) is 0 Å². The number of hydrogen-bond donors (Lipinski definition) is 0. The summed E-state index contributed by atoms with van der Waals surface area (Å²) < 4.78 is 10.7. The Bertz CT molecular complexity index is 321. The van der Waals surface area contributed by atoms with E-state index in [4.69, 9.17) is 9.47 Å². The predicted octanol–water partition coefficient (Wildman–Crippen LogP) is 1.57. The van der Waals surface area contributed by atoms with E-state index < -0.39 is 0 Å². The molecule has 88 valence electrons. The summed E-state index contributed by atoms with van der Waals surface area (Å²) in [6.45, 7) is 4.92. The third-order valence-corrected chi connectivity index (χ3v) is 2.99. The molecule has 0 unspecified atom stereocenters. The van der Waals surface area contributed by atoms with Crippen LogP contribution in [0.25, 0.3) is 0 Å². The Hall–Kier alpha value is -1.06. The molecule has 1 aromatic rings. The van der Waals surface area contributed by atoms with E-state index >= 15 is 0 Å². The van der Waals surface area contributed by atoms with Crippen LogP contribution in [-0.2, 0) is 11.2 Å². The molecule has 1 saturated heterocycles. The van der Waals surface area contributed by atoms with Crippen molar-refractivity contribution < 1.29 is 9.47 Å². The summed E-state index contributed by atoms with van der Waals surface area (Å²) in [5.41, 5.74) is 1.29. The first-order chi connectivity index (χ1) is 7.90. The first-order valence-corrected chi connectivity index (χ1v) is 5.82. The average Bonchev–Trinajstić information content (AvgIpc) is 2.38. The highest BCUT2D eigenvalue weighted by molar-refractivity contribution is 5.33. The van der Waals surface area contributed by atoms with Crippen molar-refractivity contribution in [3.63, 3.8) is 0 Å². The second-order valence-corrected chi connectivity index (χ2v) is 4.02. The third-order valence-electron chi connectivity index (χ3n) is 2.99. The summed E-state index contributed by atoms with van der Waals surface area (Å²) in [5.74, 6) is 0.996. The summed E-state index contributed by atoms with van der Waals surface area (Å²) in [6, 6.07) is 8.24. The largest absolute Gasteiger partial charge is 0.496 e. The minimum absolute atomic E-state index is 0.867. The molecule has 0 aliphatic carbocycles. The normalized spacial score (nSPS) is 17.3. The average molecular weight is 221 g/mol.